The summed E-state index contributed by atoms with van der Waals surface area (Å²) >= 11 is 0. The third-order valence-corrected chi connectivity index (χ3v) is 2.97. The van der Waals surface area contributed by atoms with Gasteiger partial charge in [0.1, 0.15) is 0 Å². The fourth-order valence-corrected chi connectivity index (χ4v) is 1.92. The Labute approximate surface area is 96.5 Å². The Morgan fingerprint density at radius 2 is 2.06 bits per heavy atom. The molecular formula is C14H19NO. The van der Waals surface area contributed by atoms with Gasteiger partial charge in [0.25, 0.3) is 0 Å². The van der Waals surface area contributed by atoms with Gasteiger partial charge < -0.3 is 9.67 Å². The number of aliphatic hydroxyl groups excluding tert-OH is 1. The minimum Gasteiger partial charge on any atom is -0.392 e. The van der Waals surface area contributed by atoms with Gasteiger partial charge in [0.2, 0.25) is 0 Å². The van der Waals surface area contributed by atoms with E-state index < -0.39 is 0 Å². The molecule has 16 heavy (non-hydrogen) atoms. The first-order chi connectivity index (χ1) is 7.70. The molecule has 0 unspecified atom stereocenters. The highest BCUT2D eigenvalue weighted by molar-refractivity contribution is 5.80. The number of hydrogen-bond acceptors (Lipinski definition) is 1. The summed E-state index contributed by atoms with van der Waals surface area (Å²) in [5.41, 5.74) is 2.21. The van der Waals surface area contributed by atoms with Gasteiger partial charge in [-0.15, -0.1) is 0 Å². The smallest absolute Gasteiger partial charge is 0.0682 e. The second-order valence-electron chi connectivity index (χ2n) is 4.74. The van der Waals surface area contributed by atoms with Gasteiger partial charge in [-0.2, -0.15) is 0 Å². The number of fused-ring (bicyclic) bond motifs is 1. The second-order valence-corrected chi connectivity index (χ2v) is 4.74. The molecule has 0 amide bonds. The van der Waals surface area contributed by atoms with Crippen LogP contribution < -0.4 is 0 Å². The first-order valence-electron chi connectivity index (χ1n) is 5.89. The van der Waals surface area contributed by atoms with Gasteiger partial charge >= 0.3 is 0 Å². The first-order valence-corrected chi connectivity index (χ1v) is 5.89. The van der Waals surface area contributed by atoms with Crippen molar-refractivity contribution in [1.29, 1.82) is 0 Å². The third-order valence-electron chi connectivity index (χ3n) is 2.97. The molecule has 2 nitrogen and oxygen atoms in total. The van der Waals surface area contributed by atoms with Gasteiger partial charge in [0.15, 0.2) is 0 Å². The van der Waals surface area contributed by atoms with E-state index in [4.69, 9.17) is 5.11 Å². The second kappa shape index (κ2) is 4.71. The molecule has 0 radical (unpaired) electrons. The molecule has 1 N–H and O–H groups in total. The summed E-state index contributed by atoms with van der Waals surface area (Å²) in [6.07, 6.45) is 3.32. The summed E-state index contributed by atoms with van der Waals surface area (Å²) in [5, 5.41) is 10.4. The van der Waals surface area contributed by atoms with Crippen molar-refractivity contribution in [3.8, 4) is 0 Å². The fraction of sp³-hybridized carbons (Fsp3) is 0.429. The summed E-state index contributed by atoms with van der Waals surface area (Å²) in [7, 11) is 0. The quantitative estimate of drug-likeness (QED) is 0.836. The Bertz CT molecular complexity index is 471. The average molecular weight is 217 g/mol. The van der Waals surface area contributed by atoms with Crippen LogP contribution >= 0.6 is 0 Å². The number of rotatable bonds is 4. The van der Waals surface area contributed by atoms with E-state index in [1.807, 2.05) is 6.07 Å². The van der Waals surface area contributed by atoms with Crippen molar-refractivity contribution in [2.24, 2.45) is 5.92 Å². The highest BCUT2D eigenvalue weighted by Crippen LogP contribution is 2.19. The predicted molar refractivity (Wildman–Crippen MR) is 67.3 cm³/mol. The van der Waals surface area contributed by atoms with Crippen molar-refractivity contribution in [2.45, 2.75) is 33.4 Å². The molecule has 2 aromatic rings. The topological polar surface area (TPSA) is 25.2 Å². The predicted octanol–water partition coefficient (Wildman–Crippen LogP) is 3.18. The van der Waals surface area contributed by atoms with Crippen molar-refractivity contribution in [3.63, 3.8) is 0 Å². The van der Waals surface area contributed by atoms with E-state index in [0.717, 1.165) is 18.0 Å². The molecule has 1 heterocycles. The molecular weight excluding hydrogens is 198 g/mol. The van der Waals surface area contributed by atoms with Gasteiger partial charge in [-0.3, -0.25) is 0 Å². The Morgan fingerprint density at radius 1 is 1.25 bits per heavy atom. The molecule has 1 aromatic carbocycles. The van der Waals surface area contributed by atoms with Gasteiger partial charge in [-0.05, 0) is 35.4 Å². The first kappa shape index (κ1) is 11.2. The van der Waals surface area contributed by atoms with E-state index in [1.54, 1.807) is 0 Å². The van der Waals surface area contributed by atoms with Crippen LogP contribution in [-0.4, -0.2) is 9.67 Å². The molecule has 2 rings (SSSR count). The summed E-state index contributed by atoms with van der Waals surface area (Å²) in [4.78, 5) is 0. The number of benzene rings is 1. The Balaban J connectivity index is 2.30. The van der Waals surface area contributed by atoms with Gasteiger partial charge in [-0.25, -0.2) is 0 Å². The maximum Gasteiger partial charge on any atom is 0.0682 e. The lowest BCUT2D eigenvalue weighted by molar-refractivity contribution is 0.282. The lowest BCUT2D eigenvalue weighted by Gasteiger charge is -2.08. The summed E-state index contributed by atoms with van der Waals surface area (Å²) < 4.78 is 2.27. The van der Waals surface area contributed by atoms with Crippen LogP contribution in [0.3, 0.4) is 0 Å². The standard InChI is InChI=1S/C14H19NO/c1-11(2)5-7-15-8-6-13-4-3-12(10-16)9-14(13)15/h3-4,6,8-9,11,16H,5,7,10H2,1-2H3. The number of aromatic nitrogens is 1. The summed E-state index contributed by atoms with van der Waals surface area (Å²) in [5.74, 6) is 0.721. The van der Waals surface area contributed by atoms with Crippen molar-refractivity contribution in [1.82, 2.24) is 4.57 Å². The fourth-order valence-electron chi connectivity index (χ4n) is 1.92. The van der Waals surface area contributed by atoms with Crippen molar-refractivity contribution < 1.29 is 5.11 Å². The number of nitrogens with zero attached hydrogens (tertiary/aromatic N) is 1. The van der Waals surface area contributed by atoms with Gasteiger partial charge in [-0.1, -0.05) is 26.0 Å². The van der Waals surface area contributed by atoms with Crippen molar-refractivity contribution in [3.05, 3.63) is 36.0 Å². The van der Waals surface area contributed by atoms with E-state index in [-0.39, 0.29) is 6.61 Å². The molecule has 2 heteroatoms. The molecule has 0 spiro atoms. The summed E-state index contributed by atoms with van der Waals surface area (Å²) in [6.45, 7) is 5.65. The highest BCUT2D eigenvalue weighted by Gasteiger charge is 2.03. The largest absolute Gasteiger partial charge is 0.392 e. The van der Waals surface area contributed by atoms with E-state index in [9.17, 15) is 0 Å². The number of aliphatic hydroxyl groups is 1. The van der Waals surface area contributed by atoms with Crippen LogP contribution in [0.2, 0.25) is 0 Å². The monoisotopic (exact) mass is 217 g/mol. The van der Waals surface area contributed by atoms with Crippen LogP contribution in [0, 0.1) is 5.92 Å². The lowest BCUT2D eigenvalue weighted by Crippen LogP contribution is -2.00. The van der Waals surface area contributed by atoms with Crippen LogP contribution in [0.4, 0.5) is 0 Å². The Kier molecular flexibility index (Phi) is 3.30. The average Bonchev–Trinajstić information content (AvgIpc) is 2.68. The molecule has 0 saturated heterocycles. The highest BCUT2D eigenvalue weighted by atomic mass is 16.3. The Morgan fingerprint density at radius 3 is 2.75 bits per heavy atom. The number of aryl methyl sites for hydroxylation is 1. The summed E-state index contributed by atoms with van der Waals surface area (Å²) in [6, 6.07) is 8.27. The molecule has 0 aliphatic rings. The maximum absolute atomic E-state index is 9.13. The zero-order valence-corrected chi connectivity index (χ0v) is 9.98. The molecule has 0 aliphatic heterocycles. The molecule has 0 fully saturated rings. The van der Waals surface area contributed by atoms with Crippen molar-refractivity contribution >= 4 is 10.9 Å². The zero-order valence-electron chi connectivity index (χ0n) is 9.98. The third kappa shape index (κ3) is 2.27. The molecule has 1 aromatic heterocycles. The minimum absolute atomic E-state index is 0.116. The van der Waals surface area contributed by atoms with Gasteiger partial charge in [0.05, 0.1) is 6.61 Å². The van der Waals surface area contributed by atoms with Crippen LogP contribution in [0.25, 0.3) is 10.9 Å². The molecule has 0 aliphatic carbocycles. The maximum atomic E-state index is 9.13. The normalized spacial score (nSPS) is 11.5. The van der Waals surface area contributed by atoms with Crippen LogP contribution in [0.5, 0.6) is 0 Å². The lowest BCUT2D eigenvalue weighted by atomic mass is 10.1. The SMILES string of the molecule is CC(C)CCn1ccc2ccc(CO)cc21. The van der Waals surface area contributed by atoms with E-state index in [0.29, 0.717) is 0 Å². The molecule has 86 valence electrons. The Hall–Kier alpha value is -1.28. The van der Waals surface area contributed by atoms with Crippen LogP contribution in [0.15, 0.2) is 30.5 Å². The van der Waals surface area contributed by atoms with Crippen molar-refractivity contribution in [2.75, 3.05) is 0 Å². The van der Waals surface area contributed by atoms with E-state index >= 15 is 0 Å². The number of hydrogen-bond donors (Lipinski definition) is 1. The molecule has 0 atom stereocenters. The molecule has 0 bridgehead atoms. The minimum atomic E-state index is 0.116. The van der Waals surface area contributed by atoms with E-state index in [1.165, 1.54) is 17.3 Å². The van der Waals surface area contributed by atoms with Gasteiger partial charge in [0, 0.05) is 18.3 Å². The van der Waals surface area contributed by atoms with E-state index in [2.05, 4.69) is 42.8 Å². The molecule has 0 saturated carbocycles. The zero-order chi connectivity index (χ0) is 11.5. The van der Waals surface area contributed by atoms with Crippen LogP contribution in [-0.2, 0) is 13.2 Å². The van der Waals surface area contributed by atoms with Crippen LogP contribution in [0.1, 0.15) is 25.8 Å².